The van der Waals surface area contributed by atoms with E-state index in [0.29, 0.717) is 17.9 Å². The predicted octanol–water partition coefficient (Wildman–Crippen LogP) is 3.72. The van der Waals surface area contributed by atoms with Crippen molar-refractivity contribution in [2.75, 3.05) is 22.9 Å². The van der Waals surface area contributed by atoms with Gasteiger partial charge in [-0.3, -0.25) is 0 Å². The van der Waals surface area contributed by atoms with Crippen molar-refractivity contribution in [3.8, 4) is 11.1 Å². The van der Waals surface area contributed by atoms with E-state index in [2.05, 4.69) is 39.1 Å². The van der Waals surface area contributed by atoms with Crippen molar-refractivity contribution in [2.45, 2.75) is 13.0 Å². The van der Waals surface area contributed by atoms with Crippen molar-refractivity contribution in [3.05, 3.63) is 77.5 Å². The molecule has 0 saturated carbocycles. The zero-order chi connectivity index (χ0) is 21.5. The number of rotatable bonds is 4. The molecule has 7 heteroatoms. The number of anilines is 3. The number of hydrogen-bond acceptors (Lipinski definition) is 6. The summed E-state index contributed by atoms with van der Waals surface area (Å²) in [6.07, 6.45) is 2.64. The first kappa shape index (κ1) is 18.9. The number of hydrogen-bond donors (Lipinski definition) is 3. The van der Waals surface area contributed by atoms with Gasteiger partial charge in [0.15, 0.2) is 0 Å². The van der Waals surface area contributed by atoms with Gasteiger partial charge in [-0.2, -0.15) is 4.98 Å². The van der Waals surface area contributed by atoms with E-state index in [9.17, 15) is 9.90 Å². The van der Waals surface area contributed by atoms with Crippen molar-refractivity contribution in [1.29, 1.82) is 0 Å². The standard InChI is InChI=1S/C24H21N5O2/c25-22-20(12-27-24(26)28-22)13-29-8-7-18-10-17(5-6-21(18)29)14-1-2-16-11-19(23(30)31)4-3-15(16)9-14/h1-6,9-12H,7-8,13H2,(H,30,31)(H4,25,26,27,28). The molecule has 0 unspecified atom stereocenters. The maximum atomic E-state index is 11.2. The molecule has 7 nitrogen and oxygen atoms in total. The summed E-state index contributed by atoms with van der Waals surface area (Å²) in [5, 5.41) is 11.1. The Morgan fingerprint density at radius 2 is 1.74 bits per heavy atom. The molecule has 0 atom stereocenters. The monoisotopic (exact) mass is 411 g/mol. The first-order valence-electron chi connectivity index (χ1n) is 10.0. The minimum absolute atomic E-state index is 0.183. The van der Waals surface area contributed by atoms with Gasteiger partial charge in [-0.05, 0) is 64.2 Å². The van der Waals surface area contributed by atoms with Crippen molar-refractivity contribution >= 4 is 34.2 Å². The van der Waals surface area contributed by atoms with E-state index in [4.69, 9.17) is 11.5 Å². The van der Waals surface area contributed by atoms with Gasteiger partial charge in [0.05, 0.1) is 5.56 Å². The molecule has 4 aromatic rings. The van der Waals surface area contributed by atoms with E-state index < -0.39 is 5.97 Å². The number of aromatic carboxylic acids is 1. The van der Waals surface area contributed by atoms with Gasteiger partial charge in [0.25, 0.3) is 0 Å². The summed E-state index contributed by atoms with van der Waals surface area (Å²) in [7, 11) is 0. The molecule has 0 amide bonds. The van der Waals surface area contributed by atoms with Crippen LogP contribution in [0.1, 0.15) is 21.5 Å². The molecule has 1 aliphatic rings. The number of fused-ring (bicyclic) bond motifs is 2. The zero-order valence-electron chi connectivity index (χ0n) is 16.7. The maximum Gasteiger partial charge on any atom is 0.335 e. The Kier molecular flexibility index (Phi) is 4.43. The van der Waals surface area contributed by atoms with E-state index in [1.54, 1.807) is 18.3 Å². The minimum Gasteiger partial charge on any atom is -0.478 e. The zero-order valence-corrected chi connectivity index (χ0v) is 16.7. The van der Waals surface area contributed by atoms with Crippen LogP contribution in [0.2, 0.25) is 0 Å². The van der Waals surface area contributed by atoms with Crippen LogP contribution in [-0.2, 0) is 13.0 Å². The fourth-order valence-corrected chi connectivity index (χ4v) is 4.13. The third-order valence-corrected chi connectivity index (χ3v) is 5.77. The summed E-state index contributed by atoms with van der Waals surface area (Å²) in [4.78, 5) is 21.6. The van der Waals surface area contributed by atoms with Crippen molar-refractivity contribution in [2.24, 2.45) is 0 Å². The molecule has 1 aromatic heterocycles. The number of carbonyl (C=O) groups is 1. The highest BCUT2D eigenvalue weighted by molar-refractivity contribution is 5.95. The van der Waals surface area contributed by atoms with Gasteiger partial charge >= 0.3 is 5.97 Å². The number of nitrogens with two attached hydrogens (primary N) is 2. The minimum atomic E-state index is -0.915. The second-order valence-electron chi connectivity index (χ2n) is 7.74. The van der Waals surface area contributed by atoms with E-state index in [-0.39, 0.29) is 5.95 Å². The Morgan fingerprint density at radius 1 is 1.00 bits per heavy atom. The fourth-order valence-electron chi connectivity index (χ4n) is 4.13. The van der Waals surface area contributed by atoms with Crippen LogP contribution >= 0.6 is 0 Å². The third-order valence-electron chi connectivity index (χ3n) is 5.77. The smallest absolute Gasteiger partial charge is 0.335 e. The lowest BCUT2D eigenvalue weighted by Gasteiger charge is -2.20. The molecule has 3 aromatic carbocycles. The van der Waals surface area contributed by atoms with Crippen LogP contribution in [-0.4, -0.2) is 27.6 Å². The number of nitrogen functional groups attached to an aromatic ring is 2. The lowest BCUT2D eigenvalue weighted by atomic mass is 9.98. The summed E-state index contributed by atoms with van der Waals surface area (Å²) in [6.45, 7) is 1.54. The number of carboxylic acids is 1. The van der Waals surface area contributed by atoms with Crippen LogP contribution < -0.4 is 16.4 Å². The number of benzene rings is 3. The van der Waals surface area contributed by atoms with E-state index in [1.165, 1.54) is 11.3 Å². The van der Waals surface area contributed by atoms with Crippen molar-refractivity contribution in [1.82, 2.24) is 9.97 Å². The highest BCUT2D eigenvalue weighted by Crippen LogP contribution is 2.34. The number of nitrogens with zero attached hydrogens (tertiary/aromatic N) is 3. The van der Waals surface area contributed by atoms with E-state index in [0.717, 1.165) is 40.4 Å². The average molecular weight is 411 g/mol. The number of aromatic nitrogens is 2. The van der Waals surface area contributed by atoms with Gasteiger partial charge < -0.3 is 21.5 Å². The Hall–Kier alpha value is -4.13. The molecule has 0 aliphatic carbocycles. The molecule has 5 rings (SSSR count). The highest BCUT2D eigenvalue weighted by Gasteiger charge is 2.21. The molecule has 154 valence electrons. The Morgan fingerprint density at radius 3 is 2.55 bits per heavy atom. The molecule has 31 heavy (non-hydrogen) atoms. The first-order valence-corrected chi connectivity index (χ1v) is 10.0. The summed E-state index contributed by atoms with van der Waals surface area (Å²) >= 11 is 0. The highest BCUT2D eigenvalue weighted by atomic mass is 16.4. The largest absolute Gasteiger partial charge is 0.478 e. The molecule has 1 aliphatic heterocycles. The van der Waals surface area contributed by atoms with Crippen LogP contribution in [0.3, 0.4) is 0 Å². The van der Waals surface area contributed by atoms with Gasteiger partial charge in [-0.25, -0.2) is 9.78 Å². The second kappa shape index (κ2) is 7.28. The van der Waals surface area contributed by atoms with Gasteiger partial charge in [-0.15, -0.1) is 0 Å². The summed E-state index contributed by atoms with van der Waals surface area (Å²) < 4.78 is 0. The average Bonchev–Trinajstić information content (AvgIpc) is 3.17. The van der Waals surface area contributed by atoms with E-state index >= 15 is 0 Å². The van der Waals surface area contributed by atoms with Gasteiger partial charge in [-0.1, -0.05) is 24.3 Å². The van der Waals surface area contributed by atoms with Crippen molar-refractivity contribution in [3.63, 3.8) is 0 Å². The molecule has 0 spiro atoms. The van der Waals surface area contributed by atoms with Crippen LogP contribution in [0.15, 0.2) is 60.8 Å². The molecule has 0 fully saturated rings. The SMILES string of the molecule is Nc1ncc(CN2CCc3cc(-c4ccc5cc(C(=O)O)ccc5c4)ccc32)c(N)n1. The summed E-state index contributed by atoms with van der Waals surface area (Å²) in [5.41, 5.74) is 17.5. The molecular weight excluding hydrogens is 390 g/mol. The molecule has 5 N–H and O–H groups in total. The predicted molar refractivity (Wildman–Crippen MR) is 122 cm³/mol. The fraction of sp³-hybridized carbons (Fsp3) is 0.125. The Labute approximate surface area is 179 Å². The molecule has 2 heterocycles. The van der Waals surface area contributed by atoms with Crippen molar-refractivity contribution < 1.29 is 9.90 Å². The maximum absolute atomic E-state index is 11.2. The third kappa shape index (κ3) is 3.50. The van der Waals surface area contributed by atoms with Crippen LogP contribution in [0.5, 0.6) is 0 Å². The van der Waals surface area contributed by atoms with Gasteiger partial charge in [0, 0.05) is 30.5 Å². The molecule has 0 saturated heterocycles. The quantitative estimate of drug-likeness (QED) is 0.468. The first-order chi connectivity index (χ1) is 15.0. The van der Waals surface area contributed by atoms with Crippen LogP contribution in [0, 0.1) is 0 Å². The molecule has 0 radical (unpaired) electrons. The van der Waals surface area contributed by atoms with Crippen LogP contribution in [0.4, 0.5) is 17.5 Å². The normalized spacial score (nSPS) is 12.8. The second-order valence-corrected chi connectivity index (χ2v) is 7.74. The number of carboxylic acid groups (broad SMARTS) is 1. The molecular formula is C24H21N5O2. The van der Waals surface area contributed by atoms with Crippen LogP contribution in [0.25, 0.3) is 21.9 Å². The van der Waals surface area contributed by atoms with Gasteiger partial charge in [0.2, 0.25) is 5.95 Å². The Balaban J connectivity index is 1.43. The summed E-state index contributed by atoms with van der Waals surface area (Å²) in [5.74, 6) is -0.316. The van der Waals surface area contributed by atoms with Gasteiger partial charge in [0.1, 0.15) is 5.82 Å². The lowest BCUT2D eigenvalue weighted by molar-refractivity contribution is 0.0697. The Bertz CT molecular complexity index is 1340. The summed E-state index contributed by atoms with van der Waals surface area (Å²) in [6, 6.07) is 17.8. The topological polar surface area (TPSA) is 118 Å². The van der Waals surface area contributed by atoms with E-state index in [1.807, 2.05) is 18.2 Å². The lowest BCUT2D eigenvalue weighted by Crippen LogP contribution is -2.21. The molecule has 0 bridgehead atoms.